The maximum absolute atomic E-state index is 11.9. The third-order valence-corrected chi connectivity index (χ3v) is 5.57. The van der Waals surface area contributed by atoms with E-state index in [9.17, 15) is 4.79 Å². The molecule has 0 unspecified atom stereocenters. The molecule has 0 bridgehead atoms. The van der Waals surface area contributed by atoms with Crippen LogP contribution in [0.5, 0.6) is 0 Å². The molecule has 1 aliphatic carbocycles. The summed E-state index contributed by atoms with van der Waals surface area (Å²) in [5.74, 6) is 0.0145. The molecule has 1 fully saturated rings. The van der Waals surface area contributed by atoms with Gasteiger partial charge in [-0.05, 0) is 66.6 Å². The first-order valence-electron chi connectivity index (χ1n) is 9.04. The molecule has 2 aliphatic rings. The van der Waals surface area contributed by atoms with Crippen LogP contribution in [0.2, 0.25) is 5.02 Å². The van der Waals surface area contributed by atoms with E-state index >= 15 is 0 Å². The monoisotopic (exact) mass is 364 g/mol. The molecule has 0 saturated carbocycles. The molecule has 1 aromatic carbocycles. The highest BCUT2D eigenvalue weighted by molar-refractivity contribution is 6.30. The van der Waals surface area contributed by atoms with Crippen molar-refractivity contribution in [2.45, 2.75) is 25.7 Å². The molecule has 1 saturated heterocycles. The lowest BCUT2D eigenvalue weighted by Crippen LogP contribution is -2.35. The van der Waals surface area contributed by atoms with Crippen molar-refractivity contribution in [3.8, 4) is 0 Å². The van der Waals surface area contributed by atoms with Crippen LogP contribution in [0, 0.1) is 0 Å². The maximum atomic E-state index is 11.9. The Hall–Kier alpha value is -2.39. The fourth-order valence-corrected chi connectivity index (χ4v) is 4.20. The molecule has 4 heteroatoms. The largest absolute Gasteiger partial charge is 0.339 e. The van der Waals surface area contributed by atoms with Crippen molar-refractivity contribution in [2.75, 3.05) is 13.1 Å². The van der Waals surface area contributed by atoms with E-state index in [1.807, 2.05) is 23.2 Å². The van der Waals surface area contributed by atoms with Crippen LogP contribution in [0.15, 0.2) is 54.8 Å². The number of piperidine rings is 1. The van der Waals surface area contributed by atoms with Gasteiger partial charge in [0.2, 0.25) is 5.91 Å². The van der Waals surface area contributed by atoms with E-state index in [0.717, 1.165) is 49.5 Å². The molecule has 4 rings (SSSR count). The summed E-state index contributed by atoms with van der Waals surface area (Å²) in [4.78, 5) is 18.5. The predicted octanol–water partition coefficient (Wildman–Crippen LogP) is 4.44. The zero-order valence-corrected chi connectivity index (χ0v) is 15.4. The number of rotatable bonds is 1. The lowest BCUT2D eigenvalue weighted by atomic mass is 9.88. The molecule has 132 valence electrons. The van der Waals surface area contributed by atoms with Crippen LogP contribution in [-0.2, 0) is 17.6 Å². The lowest BCUT2D eigenvalue weighted by molar-refractivity contribution is -0.126. The Morgan fingerprint density at radius 3 is 2.65 bits per heavy atom. The summed E-state index contributed by atoms with van der Waals surface area (Å²) in [6.07, 6.45) is 6.94. The highest BCUT2D eigenvalue weighted by Crippen LogP contribution is 2.38. The molecular weight excluding hydrogens is 344 g/mol. The number of carbonyl (C=O) groups is 1. The summed E-state index contributed by atoms with van der Waals surface area (Å²) in [5, 5.41) is 0.776. The summed E-state index contributed by atoms with van der Waals surface area (Å²) in [7, 11) is 0. The minimum atomic E-state index is 0.0145. The van der Waals surface area contributed by atoms with Crippen LogP contribution in [-0.4, -0.2) is 28.9 Å². The van der Waals surface area contributed by atoms with Crippen LogP contribution >= 0.6 is 11.6 Å². The van der Waals surface area contributed by atoms with Crippen LogP contribution in [0.4, 0.5) is 0 Å². The van der Waals surface area contributed by atoms with Crippen molar-refractivity contribution in [3.63, 3.8) is 0 Å². The summed E-state index contributed by atoms with van der Waals surface area (Å²) in [5.41, 5.74) is 7.52. The van der Waals surface area contributed by atoms with Crippen LogP contribution in [0.25, 0.3) is 5.57 Å². The Balaban J connectivity index is 1.82. The molecule has 2 heterocycles. The topological polar surface area (TPSA) is 33.2 Å². The van der Waals surface area contributed by atoms with Crippen molar-refractivity contribution < 1.29 is 4.79 Å². The Kier molecular flexibility index (Phi) is 4.64. The second kappa shape index (κ2) is 7.08. The van der Waals surface area contributed by atoms with Gasteiger partial charge in [0.1, 0.15) is 0 Å². The van der Waals surface area contributed by atoms with Crippen molar-refractivity contribution in [1.82, 2.24) is 9.88 Å². The lowest BCUT2D eigenvalue weighted by Gasteiger charge is -2.29. The van der Waals surface area contributed by atoms with Gasteiger partial charge in [0.15, 0.2) is 0 Å². The first-order valence-corrected chi connectivity index (χ1v) is 9.41. The van der Waals surface area contributed by atoms with Gasteiger partial charge >= 0.3 is 0 Å². The van der Waals surface area contributed by atoms with Gasteiger partial charge in [0, 0.05) is 29.9 Å². The van der Waals surface area contributed by atoms with E-state index in [4.69, 9.17) is 16.6 Å². The van der Waals surface area contributed by atoms with E-state index in [2.05, 4.69) is 24.8 Å². The smallest absolute Gasteiger partial charge is 0.245 e. The molecule has 3 nitrogen and oxygen atoms in total. The normalized spacial score (nSPS) is 16.6. The quantitative estimate of drug-likeness (QED) is 0.701. The maximum Gasteiger partial charge on any atom is 0.245 e. The van der Waals surface area contributed by atoms with Gasteiger partial charge in [0.05, 0.1) is 5.69 Å². The minimum absolute atomic E-state index is 0.0145. The molecule has 1 aliphatic heterocycles. The zero-order valence-electron chi connectivity index (χ0n) is 14.7. The van der Waals surface area contributed by atoms with E-state index in [1.54, 1.807) is 0 Å². The fraction of sp³-hybridized carbons (Fsp3) is 0.273. The zero-order chi connectivity index (χ0) is 18.1. The standard InChI is InChI=1S/C22H21ClN2O/c1-2-20(26)25-12-9-15(10-13-25)21-19-8-7-18(23)14-17(19)6-5-16-4-3-11-24-22(16)21/h2-4,7-8,11,14H,1,5-6,9-10,12-13H2. The molecular formula is C22H21ClN2O. The third kappa shape index (κ3) is 3.08. The molecule has 0 radical (unpaired) electrons. The number of aryl methyl sites for hydroxylation is 2. The summed E-state index contributed by atoms with van der Waals surface area (Å²) >= 11 is 6.26. The van der Waals surface area contributed by atoms with Crippen molar-refractivity contribution >= 4 is 23.1 Å². The minimum Gasteiger partial charge on any atom is -0.339 e. The number of carbonyl (C=O) groups excluding carboxylic acids is 1. The first-order chi connectivity index (χ1) is 12.7. The number of halogens is 1. The Bertz CT molecular complexity index is 906. The highest BCUT2D eigenvalue weighted by atomic mass is 35.5. The van der Waals surface area contributed by atoms with Crippen molar-refractivity contribution in [1.29, 1.82) is 0 Å². The fourth-order valence-electron chi connectivity index (χ4n) is 4.01. The number of aromatic nitrogens is 1. The van der Waals surface area contributed by atoms with Gasteiger partial charge in [-0.1, -0.05) is 35.9 Å². The number of likely N-dealkylation sites (tertiary alicyclic amines) is 1. The Labute approximate surface area is 159 Å². The summed E-state index contributed by atoms with van der Waals surface area (Å²) in [6, 6.07) is 10.4. The van der Waals surface area contributed by atoms with Crippen LogP contribution in [0.1, 0.15) is 35.2 Å². The predicted molar refractivity (Wildman–Crippen MR) is 105 cm³/mol. The average molecular weight is 365 g/mol. The second-order valence-electron chi connectivity index (χ2n) is 6.82. The number of benzene rings is 1. The van der Waals surface area contributed by atoms with Crippen LogP contribution in [0.3, 0.4) is 0 Å². The van der Waals surface area contributed by atoms with E-state index in [-0.39, 0.29) is 5.91 Å². The molecule has 1 aromatic heterocycles. The van der Waals surface area contributed by atoms with Crippen LogP contribution < -0.4 is 0 Å². The number of hydrogen-bond acceptors (Lipinski definition) is 2. The number of fused-ring (bicyclic) bond motifs is 2. The molecule has 1 amide bonds. The Morgan fingerprint density at radius 2 is 1.88 bits per heavy atom. The first kappa shape index (κ1) is 17.0. The van der Waals surface area contributed by atoms with Gasteiger partial charge in [-0.15, -0.1) is 0 Å². The van der Waals surface area contributed by atoms with Gasteiger partial charge < -0.3 is 4.90 Å². The number of nitrogens with zero attached hydrogens (tertiary/aromatic N) is 2. The third-order valence-electron chi connectivity index (χ3n) is 5.34. The molecule has 0 spiro atoms. The van der Waals surface area contributed by atoms with Gasteiger partial charge in [-0.2, -0.15) is 0 Å². The van der Waals surface area contributed by atoms with E-state index < -0.39 is 0 Å². The summed E-state index contributed by atoms with van der Waals surface area (Å²) < 4.78 is 0. The highest BCUT2D eigenvalue weighted by Gasteiger charge is 2.25. The number of hydrogen-bond donors (Lipinski definition) is 0. The molecule has 0 N–H and O–H groups in total. The van der Waals surface area contributed by atoms with Crippen molar-refractivity contribution in [3.05, 3.63) is 82.2 Å². The van der Waals surface area contributed by atoms with Gasteiger partial charge in [0.25, 0.3) is 0 Å². The van der Waals surface area contributed by atoms with Gasteiger partial charge in [-0.25, -0.2) is 0 Å². The second-order valence-corrected chi connectivity index (χ2v) is 7.26. The molecule has 0 atom stereocenters. The van der Waals surface area contributed by atoms with Gasteiger partial charge in [-0.3, -0.25) is 9.78 Å². The van der Waals surface area contributed by atoms with E-state index in [1.165, 1.54) is 33.9 Å². The Morgan fingerprint density at radius 1 is 1.12 bits per heavy atom. The van der Waals surface area contributed by atoms with Crippen molar-refractivity contribution in [2.24, 2.45) is 0 Å². The summed E-state index contributed by atoms with van der Waals surface area (Å²) in [6.45, 7) is 5.06. The SMILES string of the molecule is C=CC(=O)N1CCC(=C2c3ccc(Cl)cc3CCc3cccnc32)CC1. The molecule has 2 aromatic rings. The average Bonchev–Trinajstić information content (AvgIpc) is 2.84. The van der Waals surface area contributed by atoms with E-state index in [0.29, 0.717) is 0 Å². The number of amides is 1. The number of pyridine rings is 1. The molecule has 26 heavy (non-hydrogen) atoms.